The van der Waals surface area contributed by atoms with Crippen LogP contribution in [0.15, 0.2) is 65.7 Å². The lowest BCUT2D eigenvalue weighted by Crippen LogP contribution is -2.42. The van der Waals surface area contributed by atoms with E-state index in [1.807, 2.05) is 36.4 Å². The van der Waals surface area contributed by atoms with Crippen molar-refractivity contribution in [1.29, 1.82) is 0 Å². The third-order valence-electron chi connectivity index (χ3n) is 5.51. The first kappa shape index (κ1) is 20.1. The largest absolute Gasteiger partial charge is 0.479 e. The molecular formula is C24H19N3O4S. The molecule has 0 radical (unpaired) electrons. The Bertz CT molecular complexity index is 1420. The van der Waals surface area contributed by atoms with E-state index < -0.39 is 6.10 Å². The average molecular weight is 446 g/mol. The highest BCUT2D eigenvalue weighted by atomic mass is 32.1. The molecule has 1 amide bonds. The number of aromatic nitrogens is 2. The lowest BCUT2D eigenvalue weighted by atomic mass is 10.1. The predicted molar refractivity (Wildman–Crippen MR) is 124 cm³/mol. The second-order valence-corrected chi connectivity index (χ2v) is 8.67. The van der Waals surface area contributed by atoms with Crippen LogP contribution in [0.4, 0.5) is 5.69 Å². The van der Waals surface area contributed by atoms with Crippen LogP contribution in [-0.2, 0) is 11.3 Å². The Morgan fingerprint density at radius 2 is 1.91 bits per heavy atom. The van der Waals surface area contributed by atoms with Crippen LogP contribution in [0.5, 0.6) is 5.75 Å². The number of rotatable bonds is 4. The first-order chi connectivity index (χ1) is 15.4. The number of Topliss-reactive ketones (excluding diaryl/α,β-unsaturated/α-hetero) is 1. The van der Waals surface area contributed by atoms with Crippen molar-refractivity contribution in [2.75, 3.05) is 11.9 Å². The van der Waals surface area contributed by atoms with Crippen molar-refractivity contribution < 1.29 is 14.3 Å². The van der Waals surface area contributed by atoms with Crippen LogP contribution in [0.1, 0.15) is 17.3 Å². The Morgan fingerprint density at radius 1 is 1.12 bits per heavy atom. The number of hydrogen-bond donors (Lipinski definition) is 0. The average Bonchev–Trinajstić information content (AvgIpc) is 3.25. The van der Waals surface area contributed by atoms with Gasteiger partial charge >= 0.3 is 0 Å². The van der Waals surface area contributed by atoms with Crippen LogP contribution >= 0.6 is 11.3 Å². The number of thiophene rings is 1. The highest BCUT2D eigenvalue weighted by molar-refractivity contribution is 7.21. The van der Waals surface area contributed by atoms with Gasteiger partial charge in [0.1, 0.15) is 10.6 Å². The zero-order valence-electron chi connectivity index (χ0n) is 17.4. The summed E-state index contributed by atoms with van der Waals surface area (Å²) in [5, 5.41) is 0.488. The first-order valence-corrected chi connectivity index (χ1v) is 10.9. The Kier molecular flexibility index (Phi) is 4.86. The second-order valence-electron chi connectivity index (χ2n) is 7.64. The number of carbonyl (C=O) groups is 2. The Morgan fingerprint density at radius 3 is 2.69 bits per heavy atom. The summed E-state index contributed by atoms with van der Waals surface area (Å²) in [6.45, 7) is 1.54. The molecule has 4 aromatic rings. The zero-order chi connectivity index (χ0) is 22.4. The third-order valence-corrected chi connectivity index (χ3v) is 6.61. The monoisotopic (exact) mass is 445 g/mol. The molecule has 1 aliphatic heterocycles. The molecule has 0 fully saturated rings. The summed E-state index contributed by atoms with van der Waals surface area (Å²) in [6, 6.07) is 16.6. The van der Waals surface area contributed by atoms with E-state index in [1.54, 1.807) is 32.2 Å². The van der Waals surface area contributed by atoms with Crippen molar-refractivity contribution >= 4 is 38.9 Å². The van der Waals surface area contributed by atoms with Gasteiger partial charge < -0.3 is 9.64 Å². The van der Waals surface area contributed by atoms with E-state index in [0.29, 0.717) is 27.2 Å². The van der Waals surface area contributed by atoms with Gasteiger partial charge in [-0.2, -0.15) is 0 Å². The maximum atomic E-state index is 13.0. The van der Waals surface area contributed by atoms with E-state index in [9.17, 15) is 14.4 Å². The lowest BCUT2D eigenvalue weighted by molar-refractivity contribution is -0.125. The highest BCUT2D eigenvalue weighted by Gasteiger charge is 2.29. The lowest BCUT2D eigenvalue weighted by Gasteiger charge is -2.30. The molecule has 2 aromatic heterocycles. The molecule has 160 valence electrons. The number of amides is 1. The molecule has 7 nitrogen and oxygen atoms in total. The topological polar surface area (TPSA) is 81.5 Å². The zero-order valence-corrected chi connectivity index (χ0v) is 18.3. The Balaban J connectivity index is 1.45. The number of likely N-dealkylation sites (N-methyl/N-ethyl adjacent to an activating group) is 1. The standard InChI is InChI=1S/C24H19N3O4S/c1-14-23(29)26(2)18-10-16(8-9-20(18)31-14)19(28)12-27-13-25-22-17(24(27)30)11-21(32-22)15-6-4-3-5-7-15/h3-11,13-14H,12H2,1-2H3. The molecule has 1 aliphatic rings. The smallest absolute Gasteiger partial charge is 0.267 e. The van der Waals surface area contributed by atoms with Crippen molar-refractivity contribution in [1.82, 2.24) is 9.55 Å². The minimum atomic E-state index is -0.572. The summed E-state index contributed by atoms with van der Waals surface area (Å²) in [6.07, 6.45) is 0.837. The van der Waals surface area contributed by atoms with E-state index in [0.717, 1.165) is 10.4 Å². The maximum Gasteiger partial charge on any atom is 0.267 e. The maximum absolute atomic E-state index is 13.0. The fourth-order valence-corrected chi connectivity index (χ4v) is 4.74. The molecule has 0 saturated heterocycles. The SMILES string of the molecule is CC1Oc2ccc(C(=O)Cn3cnc4sc(-c5ccccc5)cc4c3=O)cc2N(C)C1=O. The normalized spacial score (nSPS) is 15.5. The number of ether oxygens (including phenoxy) is 1. The molecule has 1 atom stereocenters. The second kappa shape index (κ2) is 7.72. The minimum absolute atomic E-state index is 0.147. The van der Waals surface area contributed by atoms with E-state index >= 15 is 0 Å². The number of hydrogen-bond acceptors (Lipinski definition) is 6. The molecule has 8 heteroatoms. The van der Waals surface area contributed by atoms with Gasteiger partial charge in [-0.25, -0.2) is 4.98 Å². The number of benzene rings is 2. The van der Waals surface area contributed by atoms with Gasteiger partial charge in [0, 0.05) is 17.5 Å². The fraction of sp³-hybridized carbons (Fsp3) is 0.167. The van der Waals surface area contributed by atoms with Gasteiger partial charge in [-0.05, 0) is 36.8 Å². The summed E-state index contributed by atoms with van der Waals surface area (Å²) < 4.78 is 6.93. The number of anilines is 1. The van der Waals surface area contributed by atoms with Gasteiger partial charge in [0.15, 0.2) is 11.9 Å². The Labute approximate surface area is 187 Å². The van der Waals surface area contributed by atoms with Crippen molar-refractivity contribution in [3.63, 3.8) is 0 Å². The molecule has 0 aliphatic carbocycles. The number of nitrogens with zero attached hydrogens (tertiary/aromatic N) is 3. The van der Waals surface area contributed by atoms with E-state index in [-0.39, 0.29) is 23.8 Å². The minimum Gasteiger partial charge on any atom is -0.479 e. The molecule has 2 aromatic carbocycles. The summed E-state index contributed by atoms with van der Waals surface area (Å²) in [5.74, 6) is 0.108. The van der Waals surface area contributed by atoms with Crippen LogP contribution in [-0.4, -0.2) is 34.4 Å². The van der Waals surface area contributed by atoms with Crippen LogP contribution in [0.2, 0.25) is 0 Å². The number of carbonyl (C=O) groups excluding carboxylic acids is 2. The van der Waals surface area contributed by atoms with Gasteiger partial charge in [-0.1, -0.05) is 30.3 Å². The van der Waals surface area contributed by atoms with Crippen LogP contribution in [0.3, 0.4) is 0 Å². The van der Waals surface area contributed by atoms with E-state index in [1.165, 1.54) is 27.1 Å². The van der Waals surface area contributed by atoms with E-state index in [2.05, 4.69) is 4.98 Å². The molecule has 3 heterocycles. The predicted octanol–water partition coefficient (Wildman–Crippen LogP) is 3.75. The quantitative estimate of drug-likeness (QED) is 0.447. The molecule has 1 unspecified atom stereocenters. The van der Waals surface area contributed by atoms with Crippen LogP contribution < -0.4 is 15.2 Å². The Hall–Kier alpha value is -3.78. The van der Waals surface area contributed by atoms with Crippen molar-refractivity contribution in [2.45, 2.75) is 19.6 Å². The van der Waals surface area contributed by atoms with Gasteiger partial charge in [-0.3, -0.25) is 19.0 Å². The molecule has 0 bridgehead atoms. The van der Waals surface area contributed by atoms with Crippen LogP contribution in [0.25, 0.3) is 20.7 Å². The molecule has 0 N–H and O–H groups in total. The summed E-state index contributed by atoms with van der Waals surface area (Å²) in [4.78, 5) is 45.6. The number of ketones is 1. The van der Waals surface area contributed by atoms with Crippen LogP contribution in [0, 0.1) is 0 Å². The fourth-order valence-electron chi connectivity index (χ4n) is 3.75. The first-order valence-electron chi connectivity index (χ1n) is 10.1. The van der Waals surface area contributed by atoms with Gasteiger partial charge in [0.05, 0.1) is 23.9 Å². The van der Waals surface area contributed by atoms with E-state index in [4.69, 9.17) is 4.74 Å². The summed E-state index contributed by atoms with van der Waals surface area (Å²) in [7, 11) is 1.65. The van der Waals surface area contributed by atoms with Gasteiger partial charge in [-0.15, -0.1) is 11.3 Å². The van der Waals surface area contributed by atoms with Gasteiger partial charge in [0.2, 0.25) is 0 Å². The van der Waals surface area contributed by atoms with Crippen molar-refractivity contribution in [3.05, 3.63) is 76.8 Å². The third kappa shape index (κ3) is 3.38. The summed E-state index contributed by atoms with van der Waals surface area (Å²) >= 11 is 1.44. The number of fused-ring (bicyclic) bond motifs is 2. The molecule has 0 saturated carbocycles. The molecule has 0 spiro atoms. The molecule has 32 heavy (non-hydrogen) atoms. The van der Waals surface area contributed by atoms with Crippen molar-refractivity contribution in [2.24, 2.45) is 0 Å². The van der Waals surface area contributed by atoms with Crippen molar-refractivity contribution in [3.8, 4) is 16.2 Å². The molecule has 5 rings (SSSR count). The highest BCUT2D eigenvalue weighted by Crippen LogP contribution is 2.34. The summed E-state index contributed by atoms with van der Waals surface area (Å²) in [5.41, 5.74) is 1.68. The molecular weight excluding hydrogens is 426 g/mol. The van der Waals surface area contributed by atoms with Gasteiger partial charge in [0.25, 0.3) is 11.5 Å².